The summed E-state index contributed by atoms with van der Waals surface area (Å²) in [4.78, 5) is 14.4. The summed E-state index contributed by atoms with van der Waals surface area (Å²) in [6.45, 7) is 7.01. The van der Waals surface area contributed by atoms with Crippen LogP contribution in [0.4, 0.5) is 5.69 Å². The first-order chi connectivity index (χ1) is 8.72. The molecule has 3 nitrogen and oxygen atoms in total. The highest BCUT2D eigenvalue weighted by Crippen LogP contribution is 2.22. The van der Waals surface area contributed by atoms with Crippen LogP contribution in [0.25, 0.3) is 0 Å². The number of likely N-dealkylation sites (tertiary alicyclic amines) is 1. The van der Waals surface area contributed by atoms with Gasteiger partial charge in [-0.05, 0) is 30.9 Å². The molecule has 1 heterocycles. The molecule has 0 saturated carbocycles. The average Bonchev–Trinajstić information content (AvgIpc) is 2.82. The SMILES string of the molecule is CCCNc1ccccc1C(=O)N1CCC(C)C1. The van der Waals surface area contributed by atoms with E-state index in [-0.39, 0.29) is 5.91 Å². The van der Waals surface area contributed by atoms with Gasteiger partial charge in [-0.2, -0.15) is 0 Å². The molecule has 1 saturated heterocycles. The van der Waals surface area contributed by atoms with E-state index in [2.05, 4.69) is 19.2 Å². The third kappa shape index (κ3) is 2.84. The van der Waals surface area contributed by atoms with Gasteiger partial charge in [-0.15, -0.1) is 0 Å². The maximum atomic E-state index is 12.5. The van der Waals surface area contributed by atoms with E-state index in [0.29, 0.717) is 5.92 Å². The predicted octanol–water partition coefficient (Wildman–Crippen LogP) is 2.99. The van der Waals surface area contributed by atoms with Gasteiger partial charge in [0.05, 0.1) is 5.56 Å². The summed E-state index contributed by atoms with van der Waals surface area (Å²) < 4.78 is 0. The van der Waals surface area contributed by atoms with Gasteiger partial charge >= 0.3 is 0 Å². The Morgan fingerprint density at radius 3 is 2.89 bits per heavy atom. The van der Waals surface area contributed by atoms with Crippen molar-refractivity contribution in [3.05, 3.63) is 29.8 Å². The molecule has 1 aliphatic rings. The number of anilines is 1. The standard InChI is InChI=1S/C15H22N2O/c1-3-9-16-14-7-5-4-6-13(14)15(18)17-10-8-12(2)11-17/h4-7,12,16H,3,8-11H2,1-2H3. The lowest BCUT2D eigenvalue weighted by atomic mass is 10.1. The van der Waals surface area contributed by atoms with E-state index in [1.54, 1.807) is 0 Å². The summed E-state index contributed by atoms with van der Waals surface area (Å²) >= 11 is 0. The minimum atomic E-state index is 0.165. The second-order valence-corrected chi connectivity index (χ2v) is 5.12. The van der Waals surface area contributed by atoms with Crippen molar-refractivity contribution in [1.82, 2.24) is 4.90 Å². The number of hydrogen-bond acceptors (Lipinski definition) is 2. The number of benzene rings is 1. The zero-order valence-corrected chi connectivity index (χ0v) is 11.3. The molecule has 0 spiro atoms. The molecule has 1 N–H and O–H groups in total. The zero-order valence-electron chi connectivity index (χ0n) is 11.3. The van der Waals surface area contributed by atoms with Gasteiger partial charge in [-0.25, -0.2) is 0 Å². The second kappa shape index (κ2) is 5.89. The van der Waals surface area contributed by atoms with Crippen molar-refractivity contribution in [2.24, 2.45) is 5.92 Å². The largest absolute Gasteiger partial charge is 0.384 e. The molecule has 18 heavy (non-hydrogen) atoms. The fourth-order valence-electron chi connectivity index (χ4n) is 2.37. The van der Waals surface area contributed by atoms with Crippen LogP contribution in [0.1, 0.15) is 37.0 Å². The Balaban J connectivity index is 2.14. The van der Waals surface area contributed by atoms with Crippen molar-refractivity contribution in [1.29, 1.82) is 0 Å². The molecule has 1 unspecified atom stereocenters. The van der Waals surface area contributed by atoms with Crippen LogP contribution in [-0.2, 0) is 0 Å². The Morgan fingerprint density at radius 1 is 1.44 bits per heavy atom. The number of carbonyl (C=O) groups excluding carboxylic acids is 1. The van der Waals surface area contributed by atoms with Crippen LogP contribution in [0.5, 0.6) is 0 Å². The summed E-state index contributed by atoms with van der Waals surface area (Å²) in [5.41, 5.74) is 1.77. The molecule has 0 aliphatic carbocycles. The molecule has 1 amide bonds. The fraction of sp³-hybridized carbons (Fsp3) is 0.533. The van der Waals surface area contributed by atoms with Gasteiger partial charge < -0.3 is 10.2 Å². The Kier molecular flexibility index (Phi) is 4.24. The predicted molar refractivity (Wildman–Crippen MR) is 74.9 cm³/mol. The first kappa shape index (κ1) is 12.9. The average molecular weight is 246 g/mol. The van der Waals surface area contributed by atoms with Crippen LogP contribution >= 0.6 is 0 Å². The number of hydrogen-bond donors (Lipinski definition) is 1. The highest BCUT2D eigenvalue weighted by atomic mass is 16.2. The van der Waals surface area contributed by atoms with Crippen LogP contribution in [0.3, 0.4) is 0 Å². The number of nitrogens with one attached hydrogen (secondary N) is 1. The fourth-order valence-corrected chi connectivity index (χ4v) is 2.37. The molecule has 1 fully saturated rings. The van der Waals surface area contributed by atoms with Crippen LogP contribution in [0.2, 0.25) is 0 Å². The molecule has 0 radical (unpaired) electrons. The molecule has 2 rings (SSSR count). The minimum Gasteiger partial charge on any atom is -0.384 e. The van der Waals surface area contributed by atoms with Crippen molar-refractivity contribution in [2.45, 2.75) is 26.7 Å². The maximum Gasteiger partial charge on any atom is 0.255 e. The monoisotopic (exact) mass is 246 g/mol. The first-order valence-electron chi connectivity index (χ1n) is 6.84. The third-order valence-corrected chi connectivity index (χ3v) is 3.43. The third-order valence-electron chi connectivity index (χ3n) is 3.43. The number of amides is 1. The highest BCUT2D eigenvalue weighted by Gasteiger charge is 2.25. The summed E-state index contributed by atoms with van der Waals surface area (Å²) in [5.74, 6) is 0.795. The topological polar surface area (TPSA) is 32.3 Å². The lowest BCUT2D eigenvalue weighted by Crippen LogP contribution is -2.29. The second-order valence-electron chi connectivity index (χ2n) is 5.12. The molecule has 1 aromatic rings. The highest BCUT2D eigenvalue weighted by molar-refractivity contribution is 5.99. The molecule has 1 atom stereocenters. The van der Waals surface area contributed by atoms with E-state index in [9.17, 15) is 4.79 Å². The molecule has 98 valence electrons. The van der Waals surface area contributed by atoms with Crippen molar-refractivity contribution >= 4 is 11.6 Å². The lowest BCUT2D eigenvalue weighted by Gasteiger charge is -2.18. The molecular weight excluding hydrogens is 224 g/mol. The number of rotatable bonds is 4. The van der Waals surface area contributed by atoms with E-state index in [1.807, 2.05) is 29.2 Å². The number of para-hydroxylation sites is 1. The normalized spacial score (nSPS) is 19.0. The van der Waals surface area contributed by atoms with Gasteiger partial charge in [0.15, 0.2) is 0 Å². The summed E-state index contributed by atoms with van der Waals surface area (Å²) in [5, 5.41) is 3.33. The quantitative estimate of drug-likeness (QED) is 0.885. The minimum absolute atomic E-state index is 0.165. The van der Waals surface area contributed by atoms with Crippen LogP contribution in [-0.4, -0.2) is 30.4 Å². The molecular formula is C15H22N2O. The smallest absolute Gasteiger partial charge is 0.255 e. The van der Waals surface area contributed by atoms with E-state index >= 15 is 0 Å². The van der Waals surface area contributed by atoms with Gasteiger partial charge in [-0.3, -0.25) is 4.79 Å². The van der Waals surface area contributed by atoms with Crippen molar-refractivity contribution in [3.8, 4) is 0 Å². The first-order valence-corrected chi connectivity index (χ1v) is 6.84. The van der Waals surface area contributed by atoms with Gasteiger partial charge in [0.2, 0.25) is 0 Å². The summed E-state index contributed by atoms with van der Waals surface area (Å²) in [7, 11) is 0. The van der Waals surface area contributed by atoms with E-state index in [1.165, 1.54) is 0 Å². The Morgan fingerprint density at radius 2 is 2.22 bits per heavy atom. The van der Waals surface area contributed by atoms with E-state index in [0.717, 1.165) is 43.7 Å². The Bertz CT molecular complexity index is 417. The summed E-state index contributed by atoms with van der Waals surface area (Å²) in [6.07, 6.45) is 2.18. The Hall–Kier alpha value is -1.51. The Labute approximate surface area is 109 Å². The van der Waals surface area contributed by atoms with Crippen molar-refractivity contribution < 1.29 is 4.79 Å². The van der Waals surface area contributed by atoms with E-state index < -0.39 is 0 Å². The molecule has 0 bridgehead atoms. The summed E-state index contributed by atoms with van der Waals surface area (Å²) in [6, 6.07) is 7.82. The lowest BCUT2D eigenvalue weighted by molar-refractivity contribution is 0.0789. The van der Waals surface area contributed by atoms with Gasteiger partial charge in [0, 0.05) is 25.3 Å². The molecule has 3 heteroatoms. The van der Waals surface area contributed by atoms with Crippen molar-refractivity contribution in [3.63, 3.8) is 0 Å². The number of nitrogens with zero attached hydrogens (tertiary/aromatic N) is 1. The van der Waals surface area contributed by atoms with Crippen LogP contribution in [0, 0.1) is 5.92 Å². The van der Waals surface area contributed by atoms with Crippen LogP contribution < -0.4 is 5.32 Å². The van der Waals surface area contributed by atoms with Gasteiger partial charge in [-0.1, -0.05) is 26.0 Å². The van der Waals surface area contributed by atoms with Gasteiger partial charge in [0.1, 0.15) is 0 Å². The van der Waals surface area contributed by atoms with E-state index in [4.69, 9.17) is 0 Å². The molecule has 0 aromatic heterocycles. The van der Waals surface area contributed by atoms with Crippen LogP contribution in [0.15, 0.2) is 24.3 Å². The maximum absolute atomic E-state index is 12.5. The van der Waals surface area contributed by atoms with Crippen molar-refractivity contribution in [2.75, 3.05) is 25.0 Å². The zero-order chi connectivity index (χ0) is 13.0. The molecule has 1 aliphatic heterocycles. The number of carbonyl (C=O) groups is 1. The molecule has 1 aromatic carbocycles. The van der Waals surface area contributed by atoms with Gasteiger partial charge in [0.25, 0.3) is 5.91 Å².